The van der Waals surface area contributed by atoms with Gasteiger partial charge in [-0.3, -0.25) is 0 Å². The molecule has 1 aromatic carbocycles. The first-order chi connectivity index (χ1) is 14.1. The Bertz CT molecular complexity index is 995. The van der Waals surface area contributed by atoms with E-state index in [0.29, 0.717) is 18.4 Å². The molecule has 29 heavy (non-hydrogen) atoms. The molecule has 8 nitrogen and oxygen atoms in total. The van der Waals surface area contributed by atoms with Gasteiger partial charge in [-0.25, -0.2) is 9.97 Å². The van der Waals surface area contributed by atoms with Crippen LogP contribution in [-0.2, 0) is 16.8 Å². The van der Waals surface area contributed by atoms with Crippen LogP contribution in [0.15, 0.2) is 41.1 Å². The lowest BCUT2D eigenvalue weighted by atomic mass is 9.83. The SMILES string of the molecule is CN(C)c1ncc2c(n1)C1(CCN(c3nc(-c4ccccc4)no3)CC1)OCC2. The summed E-state index contributed by atoms with van der Waals surface area (Å²) in [7, 11) is 3.92. The molecule has 0 N–H and O–H groups in total. The van der Waals surface area contributed by atoms with Crippen molar-refractivity contribution in [3.05, 3.63) is 47.8 Å². The molecule has 0 atom stereocenters. The van der Waals surface area contributed by atoms with E-state index in [9.17, 15) is 0 Å². The first kappa shape index (κ1) is 18.1. The van der Waals surface area contributed by atoms with Crippen LogP contribution in [0.2, 0.25) is 0 Å². The van der Waals surface area contributed by atoms with Crippen molar-refractivity contribution in [1.82, 2.24) is 20.1 Å². The Labute approximate surface area is 169 Å². The van der Waals surface area contributed by atoms with Gasteiger partial charge in [0, 0.05) is 38.9 Å². The van der Waals surface area contributed by atoms with Crippen LogP contribution in [0.5, 0.6) is 0 Å². The summed E-state index contributed by atoms with van der Waals surface area (Å²) >= 11 is 0. The molecule has 2 aliphatic rings. The highest BCUT2D eigenvalue weighted by Crippen LogP contribution is 2.41. The zero-order chi connectivity index (χ0) is 19.8. The van der Waals surface area contributed by atoms with Crippen molar-refractivity contribution < 1.29 is 9.26 Å². The molecule has 0 unspecified atom stereocenters. The van der Waals surface area contributed by atoms with E-state index >= 15 is 0 Å². The van der Waals surface area contributed by atoms with Crippen LogP contribution in [0.4, 0.5) is 12.0 Å². The molecule has 0 amide bonds. The molecule has 5 rings (SSSR count). The molecule has 8 heteroatoms. The van der Waals surface area contributed by atoms with Gasteiger partial charge in [-0.05, 0) is 24.8 Å². The van der Waals surface area contributed by atoms with Gasteiger partial charge in [0.2, 0.25) is 11.8 Å². The number of nitrogens with zero attached hydrogens (tertiary/aromatic N) is 6. The zero-order valence-corrected chi connectivity index (χ0v) is 16.7. The fourth-order valence-electron chi connectivity index (χ4n) is 4.10. The second-order valence-electron chi connectivity index (χ2n) is 7.78. The summed E-state index contributed by atoms with van der Waals surface area (Å²) in [5.74, 6) is 1.34. The second kappa shape index (κ2) is 7.11. The van der Waals surface area contributed by atoms with Gasteiger partial charge in [-0.2, -0.15) is 4.98 Å². The third-order valence-corrected chi connectivity index (χ3v) is 5.72. The van der Waals surface area contributed by atoms with Crippen molar-refractivity contribution >= 4 is 12.0 Å². The van der Waals surface area contributed by atoms with E-state index in [2.05, 4.69) is 20.0 Å². The summed E-state index contributed by atoms with van der Waals surface area (Å²) in [5, 5.41) is 4.15. The molecule has 150 valence electrons. The molecule has 0 saturated carbocycles. The lowest BCUT2D eigenvalue weighted by Gasteiger charge is -2.43. The zero-order valence-electron chi connectivity index (χ0n) is 16.7. The highest BCUT2D eigenvalue weighted by molar-refractivity contribution is 5.55. The maximum atomic E-state index is 6.32. The lowest BCUT2D eigenvalue weighted by Crippen LogP contribution is -2.47. The molecular formula is C21H24N6O2. The standard InChI is InChI=1S/C21H24N6O2/c1-26(2)19-22-14-16-8-13-28-21(17(16)23-19)9-11-27(12-10-21)20-24-18(25-29-20)15-6-4-3-5-7-15/h3-7,14H,8-13H2,1-2H3. The average Bonchev–Trinajstić information content (AvgIpc) is 3.25. The van der Waals surface area contributed by atoms with E-state index in [-0.39, 0.29) is 5.60 Å². The summed E-state index contributed by atoms with van der Waals surface area (Å²) < 4.78 is 11.9. The van der Waals surface area contributed by atoms with Crippen LogP contribution in [0.1, 0.15) is 24.1 Å². The van der Waals surface area contributed by atoms with E-state index < -0.39 is 0 Å². The number of ether oxygens (including phenoxy) is 1. The van der Waals surface area contributed by atoms with Crippen molar-refractivity contribution in [2.75, 3.05) is 43.6 Å². The summed E-state index contributed by atoms with van der Waals surface area (Å²) in [6.45, 7) is 2.25. The number of piperidine rings is 1. The van der Waals surface area contributed by atoms with E-state index in [0.717, 1.165) is 49.6 Å². The van der Waals surface area contributed by atoms with Crippen LogP contribution >= 0.6 is 0 Å². The van der Waals surface area contributed by atoms with Crippen LogP contribution in [0.3, 0.4) is 0 Å². The number of hydrogen-bond donors (Lipinski definition) is 0. The van der Waals surface area contributed by atoms with E-state index in [1.807, 2.05) is 55.5 Å². The second-order valence-corrected chi connectivity index (χ2v) is 7.78. The van der Waals surface area contributed by atoms with Gasteiger partial charge >= 0.3 is 6.01 Å². The fraction of sp³-hybridized carbons (Fsp3) is 0.429. The van der Waals surface area contributed by atoms with Gasteiger partial charge in [-0.15, -0.1) is 0 Å². The van der Waals surface area contributed by atoms with Gasteiger partial charge in [0.05, 0.1) is 12.3 Å². The normalized spacial score (nSPS) is 17.9. The maximum Gasteiger partial charge on any atom is 0.324 e. The first-order valence-corrected chi connectivity index (χ1v) is 9.96. The number of hydrogen-bond acceptors (Lipinski definition) is 8. The predicted octanol–water partition coefficient (Wildman–Crippen LogP) is 2.66. The summed E-state index contributed by atoms with van der Waals surface area (Å²) in [5.41, 5.74) is 2.82. The molecule has 2 aliphatic heterocycles. The molecular weight excluding hydrogens is 368 g/mol. The van der Waals surface area contributed by atoms with Crippen molar-refractivity contribution in [1.29, 1.82) is 0 Å². The van der Waals surface area contributed by atoms with Gasteiger partial charge in [0.25, 0.3) is 0 Å². The summed E-state index contributed by atoms with van der Waals surface area (Å²) in [6, 6.07) is 10.4. The maximum absolute atomic E-state index is 6.32. The molecule has 0 radical (unpaired) electrons. The van der Waals surface area contributed by atoms with Gasteiger partial charge in [0.15, 0.2) is 0 Å². The Kier molecular flexibility index (Phi) is 4.43. The van der Waals surface area contributed by atoms with Crippen molar-refractivity contribution in [3.63, 3.8) is 0 Å². The van der Waals surface area contributed by atoms with E-state index in [1.54, 1.807) is 0 Å². The number of rotatable bonds is 3. The van der Waals surface area contributed by atoms with Crippen molar-refractivity contribution in [2.45, 2.75) is 24.9 Å². The summed E-state index contributed by atoms with van der Waals surface area (Å²) in [4.78, 5) is 18.0. The number of benzene rings is 1. The lowest BCUT2D eigenvalue weighted by molar-refractivity contribution is -0.0805. The van der Waals surface area contributed by atoms with E-state index in [1.165, 1.54) is 5.56 Å². The Morgan fingerprint density at radius 1 is 1.07 bits per heavy atom. The molecule has 0 bridgehead atoms. The smallest absolute Gasteiger partial charge is 0.324 e. The predicted molar refractivity (Wildman–Crippen MR) is 109 cm³/mol. The van der Waals surface area contributed by atoms with Crippen molar-refractivity contribution in [2.24, 2.45) is 0 Å². The quantitative estimate of drug-likeness (QED) is 0.673. The minimum absolute atomic E-state index is 0.361. The topological polar surface area (TPSA) is 80.4 Å². The molecule has 4 heterocycles. The largest absolute Gasteiger partial charge is 0.368 e. The molecule has 1 saturated heterocycles. The molecule has 1 fully saturated rings. The van der Waals surface area contributed by atoms with Gasteiger partial charge < -0.3 is 19.1 Å². The molecule has 3 aromatic rings. The van der Waals surface area contributed by atoms with Gasteiger partial charge in [0.1, 0.15) is 5.60 Å². The Balaban J connectivity index is 1.36. The molecule has 1 spiro atoms. The highest BCUT2D eigenvalue weighted by Gasteiger charge is 2.43. The Morgan fingerprint density at radius 2 is 1.86 bits per heavy atom. The third-order valence-electron chi connectivity index (χ3n) is 5.72. The summed E-state index contributed by atoms with van der Waals surface area (Å²) in [6.07, 6.45) is 4.47. The van der Waals surface area contributed by atoms with Crippen LogP contribution < -0.4 is 9.80 Å². The minimum Gasteiger partial charge on any atom is -0.368 e. The van der Waals surface area contributed by atoms with Crippen LogP contribution in [0.25, 0.3) is 11.4 Å². The van der Waals surface area contributed by atoms with Crippen LogP contribution in [-0.4, -0.2) is 53.9 Å². The van der Waals surface area contributed by atoms with Crippen LogP contribution in [0, 0.1) is 0 Å². The average molecular weight is 392 g/mol. The highest BCUT2D eigenvalue weighted by atomic mass is 16.5. The third kappa shape index (κ3) is 3.23. The minimum atomic E-state index is -0.361. The number of aromatic nitrogens is 4. The molecule has 0 aliphatic carbocycles. The Morgan fingerprint density at radius 3 is 2.62 bits per heavy atom. The Hall–Kier alpha value is -3.00. The van der Waals surface area contributed by atoms with Crippen molar-refractivity contribution in [3.8, 4) is 11.4 Å². The fourth-order valence-corrected chi connectivity index (χ4v) is 4.10. The molecule has 2 aromatic heterocycles. The monoisotopic (exact) mass is 392 g/mol. The van der Waals surface area contributed by atoms with E-state index in [4.69, 9.17) is 14.2 Å². The number of fused-ring (bicyclic) bond motifs is 2. The number of anilines is 2. The first-order valence-electron chi connectivity index (χ1n) is 9.96. The van der Waals surface area contributed by atoms with Gasteiger partial charge in [-0.1, -0.05) is 35.5 Å².